The van der Waals surface area contributed by atoms with E-state index >= 15 is 0 Å². The van der Waals surface area contributed by atoms with Crippen molar-refractivity contribution < 1.29 is 14.6 Å². The molecule has 2 heterocycles. The summed E-state index contributed by atoms with van der Waals surface area (Å²) >= 11 is 1.69. The van der Waals surface area contributed by atoms with Gasteiger partial charge in [-0.3, -0.25) is 4.90 Å². The molecule has 0 saturated carbocycles. The molecule has 1 aliphatic heterocycles. The minimum absolute atomic E-state index is 0.197. The van der Waals surface area contributed by atoms with Crippen LogP contribution in [0.1, 0.15) is 28.2 Å². The topological polar surface area (TPSA) is 62.7 Å². The fourth-order valence-corrected chi connectivity index (χ4v) is 3.23. The number of thiazole rings is 1. The van der Waals surface area contributed by atoms with Gasteiger partial charge in [-0.25, -0.2) is 9.78 Å². The van der Waals surface area contributed by atoms with E-state index < -0.39 is 5.97 Å². The first-order valence-corrected chi connectivity index (χ1v) is 8.19. The predicted molar refractivity (Wildman–Crippen MR) is 84.4 cm³/mol. The highest BCUT2D eigenvalue weighted by atomic mass is 32.1. The second-order valence-corrected chi connectivity index (χ2v) is 6.33. The van der Waals surface area contributed by atoms with E-state index in [1.165, 1.54) is 0 Å². The number of hydrogen-bond acceptors (Lipinski definition) is 5. The van der Waals surface area contributed by atoms with Crippen LogP contribution in [0.15, 0.2) is 35.8 Å². The third kappa shape index (κ3) is 3.84. The third-order valence-corrected chi connectivity index (χ3v) is 4.55. The second kappa shape index (κ2) is 6.89. The Balaban J connectivity index is 1.48. The maximum atomic E-state index is 10.8. The molecule has 22 heavy (non-hydrogen) atoms. The van der Waals surface area contributed by atoms with E-state index in [1.54, 1.807) is 35.6 Å². The first kappa shape index (κ1) is 15.0. The Morgan fingerprint density at radius 2 is 2.05 bits per heavy atom. The first-order chi connectivity index (χ1) is 10.7. The molecule has 1 saturated heterocycles. The minimum Gasteiger partial charge on any atom is -0.490 e. The molecule has 0 spiro atoms. The van der Waals surface area contributed by atoms with Crippen LogP contribution in [0.4, 0.5) is 0 Å². The Labute approximate surface area is 133 Å². The number of aromatic nitrogens is 1. The second-order valence-electron chi connectivity index (χ2n) is 5.35. The van der Waals surface area contributed by atoms with Crippen LogP contribution in [0, 0.1) is 0 Å². The zero-order valence-electron chi connectivity index (χ0n) is 12.1. The highest BCUT2D eigenvalue weighted by molar-refractivity contribution is 7.09. The van der Waals surface area contributed by atoms with Crippen molar-refractivity contribution in [3.63, 3.8) is 0 Å². The van der Waals surface area contributed by atoms with Crippen LogP contribution in [0.3, 0.4) is 0 Å². The van der Waals surface area contributed by atoms with Gasteiger partial charge in [0.1, 0.15) is 16.9 Å². The quantitative estimate of drug-likeness (QED) is 0.918. The molecule has 1 fully saturated rings. The van der Waals surface area contributed by atoms with Crippen molar-refractivity contribution >= 4 is 17.3 Å². The summed E-state index contributed by atoms with van der Waals surface area (Å²) in [6.07, 6.45) is 4.00. The number of carboxylic acid groups (broad SMARTS) is 1. The number of benzene rings is 1. The van der Waals surface area contributed by atoms with Gasteiger partial charge in [-0.15, -0.1) is 11.3 Å². The molecular formula is C16H18N2O3S. The lowest BCUT2D eigenvalue weighted by atomic mass is 10.1. The Bertz CT molecular complexity index is 605. The molecule has 0 amide bonds. The fourth-order valence-electron chi connectivity index (χ4n) is 2.58. The van der Waals surface area contributed by atoms with Gasteiger partial charge in [-0.1, -0.05) is 0 Å². The molecule has 0 atom stereocenters. The van der Waals surface area contributed by atoms with Gasteiger partial charge < -0.3 is 9.84 Å². The van der Waals surface area contributed by atoms with E-state index in [4.69, 9.17) is 9.84 Å². The van der Waals surface area contributed by atoms with Crippen LogP contribution in [-0.2, 0) is 6.54 Å². The molecule has 0 unspecified atom stereocenters. The molecule has 0 aliphatic carbocycles. The zero-order chi connectivity index (χ0) is 15.4. The van der Waals surface area contributed by atoms with Gasteiger partial charge in [0, 0.05) is 24.7 Å². The van der Waals surface area contributed by atoms with Crippen molar-refractivity contribution in [1.82, 2.24) is 9.88 Å². The molecule has 0 radical (unpaired) electrons. The number of hydrogen-bond donors (Lipinski definition) is 1. The number of ether oxygens (including phenoxy) is 1. The number of rotatable bonds is 5. The van der Waals surface area contributed by atoms with Gasteiger partial charge in [-0.2, -0.15) is 0 Å². The molecule has 1 N–H and O–H groups in total. The van der Waals surface area contributed by atoms with Crippen molar-refractivity contribution in [2.45, 2.75) is 25.5 Å². The molecule has 1 aromatic carbocycles. The van der Waals surface area contributed by atoms with Crippen LogP contribution in [0.2, 0.25) is 0 Å². The Morgan fingerprint density at radius 1 is 1.32 bits per heavy atom. The van der Waals surface area contributed by atoms with Crippen molar-refractivity contribution in [2.75, 3.05) is 13.1 Å². The first-order valence-electron chi connectivity index (χ1n) is 7.31. The monoisotopic (exact) mass is 318 g/mol. The van der Waals surface area contributed by atoms with Crippen molar-refractivity contribution in [3.8, 4) is 5.75 Å². The maximum Gasteiger partial charge on any atom is 0.335 e. The normalized spacial score (nSPS) is 16.5. The standard InChI is InChI=1S/C16H18N2O3S/c19-16(20)12-1-3-13(4-2-12)21-14-5-8-18(9-6-14)11-15-17-7-10-22-15/h1-4,7,10,14H,5-6,8-9,11H2,(H,19,20). The smallest absolute Gasteiger partial charge is 0.335 e. The average molecular weight is 318 g/mol. The Morgan fingerprint density at radius 3 is 2.64 bits per heavy atom. The maximum absolute atomic E-state index is 10.8. The number of carbonyl (C=O) groups is 1. The molecule has 3 rings (SSSR count). The summed E-state index contributed by atoms with van der Waals surface area (Å²) in [6.45, 7) is 2.91. The van der Waals surface area contributed by atoms with Crippen LogP contribution in [-0.4, -0.2) is 40.2 Å². The number of likely N-dealkylation sites (tertiary alicyclic amines) is 1. The lowest BCUT2D eigenvalue weighted by Gasteiger charge is -2.31. The van der Waals surface area contributed by atoms with Gasteiger partial charge in [0.05, 0.1) is 12.1 Å². The minimum atomic E-state index is -0.915. The molecule has 2 aromatic rings. The summed E-state index contributed by atoms with van der Waals surface area (Å²) in [7, 11) is 0. The molecule has 1 aromatic heterocycles. The van der Waals surface area contributed by atoms with Gasteiger partial charge in [-0.05, 0) is 37.1 Å². The van der Waals surface area contributed by atoms with E-state index in [0.29, 0.717) is 0 Å². The highest BCUT2D eigenvalue weighted by Crippen LogP contribution is 2.21. The van der Waals surface area contributed by atoms with Crippen molar-refractivity contribution in [2.24, 2.45) is 0 Å². The summed E-state index contributed by atoms with van der Waals surface area (Å²) in [6, 6.07) is 6.61. The average Bonchev–Trinajstić information content (AvgIpc) is 3.03. The molecular weight excluding hydrogens is 300 g/mol. The molecule has 6 heteroatoms. The summed E-state index contributed by atoms with van der Waals surface area (Å²) in [5.41, 5.74) is 0.283. The number of nitrogens with zero attached hydrogens (tertiary/aromatic N) is 2. The van der Waals surface area contributed by atoms with E-state index in [2.05, 4.69) is 9.88 Å². The lowest BCUT2D eigenvalue weighted by molar-refractivity contribution is 0.0696. The SMILES string of the molecule is O=C(O)c1ccc(OC2CCN(Cc3nccs3)CC2)cc1. The van der Waals surface area contributed by atoms with Gasteiger partial charge >= 0.3 is 5.97 Å². The highest BCUT2D eigenvalue weighted by Gasteiger charge is 2.21. The van der Waals surface area contributed by atoms with E-state index in [-0.39, 0.29) is 11.7 Å². The molecule has 0 bridgehead atoms. The molecule has 1 aliphatic rings. The number of piperidine rings is 1. The molecule has 116 valence electrons. The van der Waals surface area contributed by atoms with Crippen LogP contribution in [0.25, 0.3) is 0 Å². The van der Waals surface area contributed by atoms with E-state index in [1.807, 2.05) is 11.6 Å². The van der Waals surface area contributed by atoms with Gasteiger partial charge in [0.25, 0.3) is 0 Å². The Hall–Kier alpha value is -1.92. The zero-order valence-corrected chi connectivity index (χ0v) is 13.0. The van der Waals surface area contributed by atoms with Crippen LogP contribution < -0.4 is 4.74 Å². The van der Waals surface area contributed by atoms with Crippen molar-refractivity contribution in [3.05, 3.63) is 46.4 Å². The van der Waals surface area contributed by atoms with E-state index in [0.717, 1.165) is 43.2 Å². The summed E-state index contributed by atoms with van der Waals surface area (Å²) < 4.78 is 5.94. The summed E-state index contributed by atoms with van der Waals surface area (Å²) in [5.74, 6) is -0.176. The Kier molecular flexibility index (Phi) is 4.70. The van der Waals surface area contributed by atoms with E-state index in [9.17, 15) is 4.79 Å². The van der Waals surface area contributed by atoms with Crippen LogP contribution in [0.5, 0.6) is 5.75 Å². The fraction of sp³-hybridized carbons (Fsp3) is 0.375. The summed E-state index contributed by atoms with van der Waals surface area (Å²) in [5, 5.41) is 12.0. The summed E-state index contributed by atoms with van der Waals surface area (Å²) in [4.78, 5) is 17.5. The molecule has 5 nitrogen and oxygen atoms in total. The predicted octanol–water partition coefficient (Wildman–Crippen LogP) is 2.88. The largest absolute Gasteiger partial charge is 0.490 e. The lowest BCUT2D eigenvalue weighted by Crippen LogP contribution is -2.37. The van der Waals surface area contributed by atoms with Gasteiger partial charge in [0.2, 0.25) is 0 Å². The number of carboxylic acids is 1. The number of aromatic carboxylic acids is 1. The third-order valence-electron chi connectivity index (χ3n) is 3.78. The van der Waals surface area contributed by atoms with Crippen molar-refractivity contribution in [1.29, 1.82) is 0 Å². The van der Waals surface area contributed by atoms with Crippen LogP contribution >= 0.6 is 11.3 Å². The van der Waals surface area contributed by atoms with Gasteiger partial charge in [0.15, 0.2) is 0 Å².